The maximum atomic E-state index is 11.8. The number of ether oxygens (including phenoxy) is 1. The molecular weight excluding hydrogens is 402 g/mol. The Labute approximate surface area is 179 Å². The molecule has 7 heteroatoms. The van der Waals surface area contributed by atoms with Crippen LogP contribution in [-0.4, -0.2) is 32.6 Å². The standard InChI is InChI=1S/C23H22ClN3O3/c1-3-22(11-4-12-26-22)23(28,13-17-5-10-21(24)25-14-17)30-19-8-6-18(7-9-19)20-15-29-16(2)27-20/h4-12,14-15,28H,3,13H2,1-2H3. The van der Waals surface area contributed by atoms with Gasteiger partial charge in [-0.2, -0.15) is 0 Å². The minimum absolute atomic E-state index is 0.191. The number of halogens is 1. The van der Waals surface area contributed by atoms with Crippen molar-refractivity contribution in [2.45, 2.75) is 38.0 Å². The Morgan fingerprint density at radius 2 is 2.00 bits per heavy atom. The summed E-state index contributed by atoms with van der Waals surface area (Å²) in [6.45, 7) is 3.77. The van der Waals surface area contributed by atoms with E-state index < -0.39 is 11.3 Å². The van der Waals surface area contributed by atoms with Crippen LogP contribution in [0.1, 0.15) is 24.8 Å². The molecule has 1 N–H and O–H groups in total. The molecule has 0 radical (unpaired) electrons. The highest BCUT2D eigenvalue weighted by Gasteiger charge is 2.51. The molecule has 0 saturated carbocycles. The normalized spacial score (nSPS) is 19.7. The van der Waals surface area contributed by atoms with Crippen LogP contribution in [0.25, 0.3) is 11.3 Å². The number of allylic oxidation sites excluding steroid dienone is 1. The smallest absolute Gasteiger partial charge is 0.241 e. The lowest BCUT2D eigenvalue weighted by Gasteiger charge is -2.41. The van der Waals surface area contributed by atoms with E-state index in [1.54, 1.807) is 43.8 Å². The fourth-order valence-corrected chi connectivity index (χ4v) is 3.70. The Kier molecular flexibility index (Phi) is 5.45. The molecule has 3 heterocycles. The number of aromatic nitrogens is 2. The first kappa shape index (κ1) is 20.3. The summed E-state index contributed by atoms with van der Waals surface area (Å²) < 4.78 is 11.5. The summed E-state index contributed by atoms with van der Waals surface area (Å²) in [6.07, 6.45) is 9.40. The van der Waals surface area contributed by atoms with Crippen molar-refractivity contribution in [2.24, 2.45) is 4.99 Å². The Morgan fingerprint density at radius 3 is 2.57 bits per heavy atom. The van der Waals surface area contributed by atoms with Crippen molar-refractivity contribution in [3.05, 3.63) is 77.6 Å². The van der Waals surface area contributed by atoms with E-state index in [1.807, 2.05) is 37.3 Å². The minimum Gasteiger partial charge on any atom is -0.459 e. The fourth-order valence-electron chi connectivity index (χ4n) is 3.59. The van der Waals surface area contributed by atoms with Crippen molar-refractivity contribution >= 4 is 17.8 Å². The number of oxazole rings is 1. The van der Waals surface area contributed by atoms with Gasteiger partial charge >= 0.3 is 0 Å². The molecular formula is C23H22ClN3O3. The van der Waals surface area contributed by atoms with Gasteiger partial charge in [0.05, 0.1) is 0 Å². The summed E-state index contributed by atoms with van der Waals surface area (Å²) in [4.78, 5) is 13.0. The second-order valence-electron chi connectivity index (χ2n) is 7.24. The third-order valence-electron chi connectivity index (χ3n) is 5.27. The summed E-state index contributed by atoms with van der Waals surface area (Å²) in [5.41, 5.74) is 1.53. The van der Waals surface area contributed by atoms with Gasteiger partial charge in [0.2, 0.25) is 5.79 Å². The van der Waals surface area contributed by atoms with Crippen LogP contribution in [0.15, 0.2) is 70.4 Å². The topological polar surface area (TPSA) is 80.7 Å². The first-order valence-electron chi connectivity index (χ1n) is 9.70. The number of aryl methyl sites for hydroxylation is 1. The van der Waals surface area contributed by atoms with E-state index in [9.17, 15) is 5.11 Å². The van der Waals surface area contributed by atoms with E-state index >= 15 is 0 Å². The van der Waals surface area contributed by atoms with Crippen LogP contribution in [0.3, 0.4) is 0 Å². The first-order valence-corrected chi connectivity index (χ1v) is 10.1. The van der Waals surface area contributed by atoms with E-state index in [2.05, 4.69) is 15.0 Å². The van der Waals surface area contributed by atoms with Crippen LogP contribution in [0, 0.1) is 6.92 Å². The second-order valence-corrected chi connectivity index (χ2v) is 7.63. The van der Waals surface area contributed by atoms with Crippen molar-refractivity contribution < 1.29 is 14.3 Å². The third kappa shape index (κ3) is 3.88. The molecule has 1 aliphatic heterocycles. The zero-order valence-electron chi connectivity index (χ0n) is 16.7. The average molecular weight is 424 g/mol. The van der Waals surface area contributed by atoms with Gasteiger partial charge in [-0.1, -0.05) is 24.6 Å². The van der Waals surface area contributed by atoms with E-state index in [-0.39, 0.29) is 6.42 Å². The number of pyridine rings is 1. The van der Waals surface area contributed by atoms with Gasteiger partial charge < -0.3 is 14.3 Å². The lowest BCUT2D eigenvalue weighted by molar-refractivity contribution is -0.174. The largest absolute Gasteiger partial charge is 0.459 e. The van der Waals surface area contributed by atoms with Gasteiger partial charge in [0.25, 0.3) is 0 Å². The van der Waals surface area contributed by atoms with Gasteiger partial charge in [0, 0.05) is 31.3 Å². The third-order valence-corrected chi connectivity index (χ3v) is 5.49. The highest BCUT2D eigenvalue weighted by atomic mass is 35.5. The van der Waals surface area contributed by atoms with Gasteiger partial charge in [-0.3, -0.25) is 4.99 Å². The summed E-state index contributed by atoms with van der Waals surface area (Å²) in [5.74, 6) is -0.494. The van der Waals surface area contributed by atoms with E-state index in [4.69, 9.17) is 20.8 Å². The molecule has 0 fully saturated rings. The number of aliphatic hydroxyl groups is 1. The van der Waals surface area contributed by atoms with Crippen molar-refractivity contribution in [2.75, 3.05) is 0 Å². The molecule has 0 spiro atoms. The van der Waals surface area contributed by atoms with E-state index in [1.165, 1.54) is 0 Å². The van der Waals surface area contributed by atoms with Crippen molar-refractivity contribution in [3.63, 3.8) is 0 Å². The van der Waals surface area contributed by atoms with Gasteiger partial charge in [0.1, 0.15) is 28.4 Å². The van der Waals surface area contributed by atoms with Crippen molar-refractivity contribution in [3.8, 4) is 17.0 Å². The number of benzene rings is 1. The second kappa shape index (κ2) is 8.05. The number of hydrogen-bond acceptors (Lipinski definition) is 6. The Hall–Kier alpha value is -2.96. The zero-order valence-corrected chi connectivity index (χ0v) is 17.5. The monoisotopic (exact) mass is 423 g/mol. The Balaban J connectivity index is 1.65. The molecule has 2 atom stereocenters. The van der Waals surface area contributed by atoms with Crippen LogP contribution >= 0.6 is 11.6 Å². The van der Waals surface area contributed by atoms with Crippen LogP contribution in [0.2, 0.25) is 5.15 Å². The summed E-state index contributed by atoms with van der Waals surface area (Å²) in [6, 6.07) is 10.9. The molecule has 2 aromatic heterocycles. The predicted molar refractivity (Wildman–Crippen MR) is 116 cm³/mol. The summed E-state index contributed by atoms with van der Waals surface area (Å²) in [7, 11) is 0. The molecule has 3 aromatic rings. The highest BCUT2D eigenvalue weighted by Crippen LogP contribution is 2.38. The number of nitrogens with zero attached hydrogens (tertiary/aromatic N) is 3. The molecule has 154 valence electrons. The molecule has 30 heavy (non-hydrogen) atoms. The Morgan fingerprint density at radius 1 is 1.20 bits per heavy atom. The maximum absolute atomic E-state index is 11.8. The molecule has 1 aliphatic rings. The number of hydrogen-bond donors (Lipinski definition) is 1. The molecule has 6 nitrogen and oxygen atoms in total. The Bertz CT molecular complexity index is 1060. The van der Waals surface area contributed by atoms with Crippen LogP contribution in [0.4, 0.5) is 0 Å². The molecule has 2 unspecified atom stereocenters. The van der Waals surface area contributed by atoms with E-state index in [0.29, 0.717) is 23.2 Å². The van der Waals surface area contributed by atoms with Gasteiger partial charge in [-0.25, -0.2) is 9.97 Å². The highest BCUT2D eigenvalue weighted by molar-refractivity contribution is 6.29. The number of aliphatic imine (C=N–C) groups is 1. The van der Waals surface area contributed by atoms with Crippen LogP contribution in [0.5, 0.6) is 5.75 Å². The zero-order chi connectivity index (χ0) is 21.2. The quantitative estimate of drug-likeness (QED) is 0.436. The molecule has 4 rings (SSSR count). The van der Waals surface area contributed by atoms with Gasteiger partial charge in [0.15, 0.2) is 5.89 Å². The van der Waals surface area contributed by atoms with Crippen LogP contribution in [-0.2, 0) is 6.42 Å². The molecule has 1 aromatic carbocycles. The average Bonchev–Trinajstić information content (AvgIpc) is 3.40. The molecule has 0 aliphatic carbocycles. The molecule has 0 amide bonds. The maximum Gasteiger partial charge on any atom is 0.241 e. The lowest BCUT2D eigenvalue weighted by Crippen LogP contribution is -2.56. The van der Waals surface area contributed by atoms with Crippen molar-refractivity contribution in [1.29, 1.82) is 0 Å². The first-order chi connectivity index (χ1) is 14.4. The predicted octanol–water partition coefficient (Wildman–Crippen LogP) is 4.80. The SMILES string of the molecule is CCC1(C(O)(Cc2ccc(Cl)nc2)Oc2ccc(-c3coc(C)n3)cc2)C=CC=N1. The summed E-state index contributed by atoms with van der Waals surface area (Å²) >= 11 is 5.91. The van der Waals surface area contributed by atoms with Gasteiger partial charge in [-0.15, -0.1) is 0 Å². The lowest BCUT2D eigenvalue weighted by atomic mass is 9.83. The molecule has 0 bridgehead atoms. The van der Waals surface area contributed by atoms with Gasteiger partial charge in [-0.05, 0) is 54.5 Å². The van der Waals surface area contributed by atoms with Crippen LogP contribution < -0.4 is 4.74 Å². The minimum atomic E-state index is -1.62. The fraction of sp³-hybridized carbons (Fsp3) is 0.261. The molecule has 0 saturated heterocycles. The number of rotatable bonds is 7. The van der Waals surface area contributed by atoms with Crippen molar-refractivity contribution in [1.82, 2.24) is 9.97 Å². The summed E-state index contributed by atoms with van der Waals surface area (Å²) in [5, 5.41) is 12.1. The van der Waals surface area contributed by atoms with E-state index in [0.717, 1.165) is 16.8 Å².